The highest BCUT2D eigenvalue weighted by atomic mass is 16.7. The first kappa shape index (κ1) is 18.5. The molecule has 2 saturated heterocycles. The molecule has 1 aromatic rings. The zero-order valence-electron chi connectivity index (χ0n) is 15.5. The third-order valence-electron chi connectivity index (χ3n) is 4.57. The molecule has 0 aliphatic carbocycles. The Hall–Kier alpha value is -2.34. The number of cyclic esters (lactones) is 2. The smallest absolute Gasteiger partial charge is 0.348 e. The Morgan fingerprint density at radius 2 is 1.77 bits per heavy atom. The van der Waals surface area contributed by atoms with Gasteiger partial charge in [0.15, 0.2) is 0 Å². The SMILES string of the molecule is COc1ccc(C=C2C(=O)OC(C)(C)OC2=O)cc1CN1CCCCC1. The predicted octanol–water partition coefficient (Wildman–Crippen LogP) is 2.90. The molecular formula is C20H25NO5. The number of carbonyl (C=O) groups excluding carboxylic acids is 2. The molecule has 6 heteroatoms. The zero-order valence-corrected chi connectivity index (χ0v) is 15.5. The summed E-state index contributed by atoms with van der Waals surface area (Å²) >= 11 is 0. The quantitative estimate of drug-likeness (QED) is 0.468. The van der Waals surface area contributed by atoms with E-state index in [0.29, 0.717) is 0 Å². The Morgan fingerprint density at radius 1 is 1.12 bits per heavy atom. The Morgan fingerprint density at radius 3 is 2.38 bits per heavy atom. The van der Waals surface area contributed by atoms with Gasteiger partial charge in [0.2, 0.25) is 0 Å². The topological polar surface area (TPSA) is 65.1 Å². The van der Waals surface area contributed by atoms with E-state index in [2.05, 4.69) is 4.90 Å². The second kappa shape index (κ2) is 7.50. The first-order valence-corrected chi connectivity index (χ1v) is 8.95. The van der Waals surface area contributed by atoms with Gasteiger partial charge in [0.1, 0.15) is 11.3 Å². The number of piperidine rings is 1. The molecule has 0 amide bonds. The van der Waals surface area contributed by atoms with Gasteiger partial charge in [-0.2, -0.15) is 0 Å². The molecule has 0 atom stereocenters. The van der Waals surface area contributed by atoms with Gasteiger partial charge in [-0.25, -0.2) is 9.59 Å². The standard InChI is InChI=1S/C20H25NO5/c1-20(2)25-18(22)16(19(23)26-20)12-14-7-8-17(24-3)15(11-14)13-21-9-5-4-6-10-21/h7-8,11-12H,4-6,9-10,13H2,1-3H3. The number of benzene rings is 1. The Labute approximate surface area is 153 Å². The van der Waals surface area contributed by atoms with Crippen LogP contribution in [-0.2, 0) is 25.6 Å². The molecule has 0 saturated carbocycles. The lowest BCUT2D eigenvalue weighted by Crippen LogP contribution is -2.41. The number of methoxy groups -OCH3 is 1. The molecule has 0 bridgehead atoms. The average molecular weight is 359 g/mol. The average Bonchev–Trinajstić information content (AvgIpc) is 2.58. The third-order valence-corrected chi connectivity index (χ3v) is 4.57. The van der Waals surface area contributed by atoms with E-state index in [9.17, 15) is 9.59 Å². The van der Waals surface area contributed by atoms with Crippen molar-refractivity contribution in [3.63, 3.8) is 0 Å². The Bertz CT molecular complexity index is 710. The lowest BCUT2D eigenvalue weighted by atomic mass is 10.0. The summed E-state index contributed by atoms with van der Waals surface area (Å²) in [6, 6.07) is 5.61. The van der Waals surface area contributed by atoms with E-state index >= 15 is 0 Å². The molecule has 0 N–H and O–H groups in total. The number of esters is 2. The van der Waals surface area contributed by atoms with Gasteiger partial charge in [-0.05, 0) is 49.7 Å². The van der Waals surface area contributed by atoms with Crippen LogP contribution in [0.4, 0.5) is 0 Å². The molecule has 2 fully saturated rings. The van der Waals surface area contributed by atoms with Crippen molar-refractivity contribution in [2.75, 3.05) is 20.2 Å². The van der Waals surface area contributed by atoms with E-state index in [1.54, 1.807) is 7.11 Å². The van der Waals surface area contributed by atoms with Crippen LogP contribution in [0.5, 0.6) is 5.75 Å². The maximum absolute atomic E-state index is 12.1. The monoisotopic (exact) mass is 359 g/mol. The molecule has 0 unspecified atom stereocenters. The van der Waals surface area contributed by atoms with Crippen LogP contribution in [0, 0.1) is 0 Å². The third kappa shape index (κ3) is 4.25. The van der Waals surface area contributed by atoms with Crippen LogP contribution in [0.3, 0.4) is 0 Å². The normalized spacial score (nSPS) is 20.3. The zero-order chi connectivity index (χ0) is 18.7. The van der Waals surface area contributed by atoms with Crippen molar-refractivity contribution in [3.8, 4) is 5.75 Å². The first-order valence-electron chi connectivity index (χ1n) is 8.95. The van der Waals surface area contributed by atoms with Crippen LogP contribution in [0.25, 0.3) is 6.08 Å². The maximum Gasteiger partial charge on any atom is 0.348 e. The molecule has 0 spiro atoms. The van der Waals surface area contributed by atoms with E-state index in [1.165, 1.54) is 39.2 Å². The molecule has 2 aliphatic rings. The number of rotatable bonds is 4. The summed E-state index contributed by atoms with van der Waals surface area (Å²) in [5.74, 6) is -1.77. The van der Waals surface area contributed by atoms with E-state index < -0.39 is 17.7 Å². The minimum Gasteiger partial charge on any atom is -0.496 e. The van der Waals surface area contributed by atoms with Gasteiger partial charge in [-0.15, -0.1) is 0 Å². The van der Waals surface area contributed by atoms with Crippen molar-refractivity contribution in [2.24, 2.45) is 0 Å². The van der Waals surface area contributed by atoms with Crippen LogP contribution in [0.1, 0.15) is 44.2 Å². The number of hydrogen-bond donors (Lipinski definition) is 0. The van der Waals surface area contributed by atoms with Gasteiger partial charge >= 0.3 is 11.9 Å². The Balaban J connectivity index is 1.85. The van der Waals surface area contributed by atoms with Crippen LogP contribution < -0.4 is 4.74 Å². The molecule has 1 aromatic carbocycles. The highest BCUT2D eigenvalue weighted by Gasteiger charge is 2.38. The summed E-state index contributed by atoms with van der Waals surface area (Å²) in [6.07, 6.45) is 5.21. The van der Waals surface area contributed by atoms with Crippen LogP contribution in [-0.4, -0.2) is 42.8 Å². The maximum atomic E-state index is 12.1. The molecule has 140 valence electrons. The van der Waals surface area contributed by atoms with Gasteiger partial charge in [0, 0.05) is 26.0 Å². The minimum absolute atomic E-state index is 0.0987. The van der Waals surface area contributed by atoms with E-state index in [1.807, 2.05) is 18.2 Å². The molecule has 0 aromatic heterocycles. The van der Waals surface area contributed by atoms with Crippen molar-refractivity contribution in [1.29, 1.82) is 0 Å². The second-order valence-electron chi connectivity index (χ2n) is 7.14. The summed E-state index contributed by atoms with van der Waals surface area (Å²) in [5.41, 5.74) is 1.67. The van der Waals surface area contributed by atoms with Gasteiger partial charge in [0.05, 0.1) is 7.11 Å². The highest BCUT2D eigenvalue weighted by molar-refractivity contribution is 6.18. The summed E-state index contributed by atoms with van der Waals surface area (Å²) in [5, 5.41) is 0. The number of hydrogen-bond acceptors (Lipinski definition) is 6. The lowest BCUT2D eigenvalue weighted by molar-refractivity contribution is -0.222. The molecule has 6 nitrogen and oxygen atoms in total. The molecule has 0 radical (unpaired) electrons. The van der Waals surface area contributed by atoms with Gasteiger partial charge < -0.3 is 14.2 Å². The molecule has 26 heavy (non-hydrogen) atoms. The van der Waals surface area contributed by atoms with Gasteiger partial charge in [0.25, 0.3) is 5.79 Å². The first-order chi connectivity index (χ1) is 12.4. The van der Waals surface area contributed by atoms with Crippen molar-refractivity contribution in [3.05, 3.63) is 34.9 Å². The Kier molecular flexibility index (Phi) is 5.32. The summed E-state index contributed by atoms with van der Waals surface area (Å²) in [6.45, 7) is 5.99. The van der Waals surface area contributed by atoms with Crippen LogP contribution >= 0.6 is 0 Å². The van der Waals surface area contributed by atoms with Gasteiger partial charge in [-0.1, -0.05) is 12.5 Å². The molecule has 3 rings (SSSR count). The van der Waals surface area contributed by atoms with Crippen molar-refractivity contribution in [2.45, 2.75) is 45.4 Å². The number of ether oxygens (including phenoxy) is 3. The van der Waals surface area contributed by atoms with E-state index in [4.69, 9.17) is 14.2 Å². The largest absolute Gasteiger partial charge is 0.496 e. The van der Waals surface area contributed by atoms with Crippen molar-refractivity contribution < 1.29 is 23.8 Å². The summed E-state index contributed by atoms with van der Waals surface area (Å²) in [7, 11) is 1.64. The molecular weight excluding hydrogens is 334 g/mol. The lowest BCUT2D eigenvalue weighted by Gasteiger charge is -2.29. The van der Waals surface area contributed by atoms with Crippen molar-refractivity contribution >= 4 is 18.0 Å². The minimum atomic E-state index is -1.23. The highest BCUT2D eigenvalue weighted by Crippen LogP contribution is 2.27. The fraction of sp³-hybridized carbons (Fsp3) is 0.500. The number of likely N-dealkylation sites (tertiary alicyclic amines) is 1. The fourth-order valence-corrected chi connectivity index (χ4v) is 3.32. The molecule has 2 heterocycles. The summed E-state index contributed by atoms with van der Waals surface area (Å²) in [4.78, 5) is 26.6. The van der Waals surface area contributed by atoms with Crippen LogP contribution in [0.2, 0.25) is 0 Å². The molecule has 2 aliphatic heterocycles. The van der Waals surface area contributed by atoms with E-state index in [0.717, 1.165) is 36.5 Å². The second-order valence-corrected chi connectivity index (χ2v) is 7.14. The number of nitrogens with zero attached hydrogens (tertiary/aromatic N) is 1. The predicted molar refractivity (Wildman–Crippen MR) is 96.4 cm³/mol. The van der Waals surface area contributed by atoms with Gasteiger partial charge in [-0.3, -0.25) is 4.90 Å². The van der Waals surface area contributed by atoms with Crippen LogP contribution in [0.15, 0.2) is 23.8 Å². The van der Waals surface area contributed by atoms with Crippen molar-refractivity contribution in [1.82, 2.24) is 4.90 Å². The fourth-order valence-electron chi connectivity index (χ4n) is 3.32. The summed E-state index contributed by atoms with van der Waals surface area (Å²) < 4.78 is 15.8. The van der Waals surface area contributed by atoms with E-state index in [-0.39, 0.29) is 5.57 Å². The number of carbonyl (C=O) groups is 2.